The Morgan fingerprint density at radius 2 is 1.87 bits per heavy atom. The first-order valence-electron chi connectivity index (χ1n) is 5.06. The average molecular weight is 202 g/mol. The molecular formula is C13H14O2. The number of hydrogen-bond acceptors (Lipinski definition) is 2. The van der Waals surface area contributed by atoms with Crippen molar-refractivity contribution in [1.29, 1.82) is 0 Å². The van der Waals surface area contributed by atoms with Crippen LogP contribution in [-0.4, -0.2) is 17.8 Å². The van der Waals surface area contributed by atoms with Crippen molar-refractivity contribution in [3.63, 3.8) is 0 Å². The molecule has 1 N–H and O–H groups in total. The van der Waals surface area contributed by atoms with E-state index in [-0.39, 0.29) is 0 Å². The molecular weight excluding hydrogens is 188 g/mol. The van der Waals surface area contributed by atoms with Crippen molar-refractivity contribution in [3.8, 4) is 5.75 Å². The van der Waals surface area contributed by atoms with Crippen LogP contribution in [0.2, 0.25) is 0 Å². The summed E-state index contributed by atoms with van der Waals surface area (Å²) in [4.78, 5) is 0. The largest absolute Gasteiger partial charge is 0.490 e. The van der Waals surface area contributed by atoms with Crippen molar-refractivity contribution in [2.45, 2.75) is 13.0 Å². The Morgan fingerprint density at radius 1 is 1.13 bits per heavy atom. The van der Waals surface area contributed by atoms with Crippen molar-refractivity contribution in [2.75, 3.05) is 6.61 Å². The molecule has 2 aromatic rings. The molecule has 78 valence electrons. The highest BCUT2D eigenvalue weighted by Crippen LogP contribution is 2.25. The van der Waals surface area contributed by atoms with E-state index in [1.54, 1.807) is 6.92 Å². The Morgan fingerprint density at radius 3 is 2.67 bits per heavy atom. The number of ether oxygens (including phenoxy) is 1. The van der Waals surface area contributed by atoms with Crippen LogP contribution in [0.3, 0.4) is 0 Å². The number of hydrogen-bond donors (Lipinski definition) is 1. The summed E-state index contributed by atoms with van der Waals surface area (Å²) in [6.07, 6.45) is -0.441. The van der Waals surface area contributed by atoms with E-state index in [4.69, 9.17) is 9.84 Å². The second-order valence-electron chi connectivity index (χ2n) is 3.64. The molecule has 0 fully saturated rings. The SMILES string of the molecule is C[C@@H](O)COc1cccc2ccccc12. The van der Waals surface area contributed by atoms with Crippen molar-refractivity contribution in [1.82, 2.24) is 0 Å². The molecule has 0 radical (unpaired) electrons. The predicted octanol–water partition coefficient (Wildman–Crippen LogP) is 2.60. The molecule has 1 atom stereocenters. The summed E-state index contributed by atoms with van der Waals surface area (Å²) in [6.45, 7) is 2.04. The molecule has 0 aliphatic rings. The molecule has 2 rings (SSSR count). The Kier molecular flexibility index (Phi) is 2.88. The Hall–Kier alpha value is -1.54. The monoisotopic (exact) mass is 202 g/mol. The van der Waals surface area contributed by atoms with Gasteiger partial charge in [-0.15, -0.1) is 0 Å². The molecule has 2 nitrogen and oxygen atoms in total. The van der Waals surface area contributed by atoms with Crippen LogP contribution < -0.4 is 4.74 Å². The summed E-state index contributed by atoms with van der Waals surface area (Å²) < 4.78 is 5.53. The molecule has 0 spiro atoms. The van der Waals surface area contributed by atoms with Gasteiger partial charge in [-0.25, -0.2) is 0 Å². The number of fused-ring (bicyclic) bond motifs is 1. The molecule has 0 aliphatic heterocycles. The van der Waals surface area contributed by atoms with Crippen LogP contribution in [0.5, 0.6) is 5.75 Å². The van der Waals surface area contributed by atoms with Gasteiger partial charge in [-0.05, 0) is 18.4 Å². The van der Waals surface area contributed by atoms with Gasteiger partial charge in [0.25, 0.3) is 0 Å². The molecule has 0 heterocycles. The topological polar surface area (TPSA) is 29.5 Å². The molecule has 0 amide bonds. The highest BCUT2D eigenvalue weighted by atomic mass is 16.5. The smallest absolute Gasteiger partial charge is 0.127 e. The van der Waals surface area contributed by atoms with Gasteiger partial charge in [0.1, 0.15) is 12.4 Å². The zero-order valence-electron chi connectivity index (χ0n) is 8.68. The van der Waals surface area contributed by atoms with Crippen molar-refractivity contribution in [2.24, 2.45) is 0 Å². The first kappa shape index (κ1) is 9.99. The van der Waals surface area contributed by atoms with Crippen molar-refractivity contribution < 1.29 is 9.84 Å². The fraction of sp³-hybridized carbons (Fsp3) is 0.231. The zero-order valence-corrected chi connectivity index (χ0v) is 8.68. The first-order chi connectivity index (χ1) is 7.27. The first-order valence-corrected chi connectivity index (χ1v) is 5.06. The maximum atomic E-state index is 9.16. The van der Waals surface area contributed by atoms with Gasteiger partial charge in [0.2, 0.25) is 0 Å². The predicted molar refractivity (Wildman–Crippen MR) is 61.1 cm³/mol. The minimum absolute atomic E-state index is 0.327. The lowest BCUT2D eigenvalue weighted by Gasteiger charge is -2.10. The van der Waals surface area contributed by atoms with Crippen molar-refractivity contribution >= 4 is 10.8 Å². The van der Waals surface area contributed by atoms with Gasteiger partial charge in [-0.1, -0.05) is 36.4 Å². The van der Waals surface area contributed by atoms with E-state index >= 15 is 0 Å². The van der Waals surface area contributed by atoms with Gasteiger partial charge in [0, 0.05) is 5.39 Å². The standard InChI is InChI=1S/C13H14O2/c1-10(14)9-15-13-8-4-6-11-5-2-3-7-12(11)13/h2-8,10,14H,9H2,1H3/t10-/m1/s1. The maximum absolute atomic E-state index is 9.16. The number of rotatable bonds is 3. The molecule has 15 heavy (non-hydrogen) atoms. The van der Waals surface area contributed by atoms with Gasteiger partial charge in [0.15, 0.2) is 0 Å². The van der Waals surface area contributed by atoms with Crippen LogP contribution in [0.25, 0.3) is 10.8 Å². The van der Waals surface area contributed by atoms with E-state index < -0.39 is 6.10 Å². The highest BCUT2D eigenvalue weighted by molar-refractivity contribution is 5.88. The third-order valence-electron chi connectivity index (χ3n) is 2.23. The Labute approximate surface area is 89.1 Å². The molecule has 0 saturated carbocycles. The molecule has 0 saturated heterocycles. The third kappa shape index (κ3) is 2.28. The van der Waals surface area contributed by atoms with Crippen LogP contribution in [0.15, 0.2) is 42.5 Å². The van der Waals surface area contributed by atoms with Gasteiger partial charge in [0.05, 0.1) is 6.10 Å². The van der Waals surface area contributed by atoms with E-state index in [1.807, 2.05) is 42.5 Å². The summed E-state index contributed by atoms with van der Waals surface area (Å²) in [6, 6.07) is 14.0. The van der Waals surface area contributed by atoms with Crippen LogP contribution in [0.4, 0.5) is 0 Å². The van der Waals surface area contributed by atoms with Gasteiger partial charge < -0.3 is 9.84 Å². The lowest BCUT2D eigenvalue weighted by Crippen LogP contribution is -2.12. The lowest BCUT2D eigenvalue weighted by atomic mass is 10.1. The third-order valence-corrected chi connectivity index (χ3v) is 2.23. The summed E-state index contributed by atoms with van der Waals surface area (Å²) in [5, 5.41) is 11.4. The maximum Gasteiger partial charge on any atom is 0.127 e. The molecule has 0 bridgehead atoms. The minimum atomic E-state index is -0.441. The summed E-state index contributed by atoms with van der Waals surface area (Å²) in [7, 11) is 0. The highest BCUT2D eigenvalue weighted by Gasteiger charge is 2.02. The van der Waals surface area contributed by atoms with Crippen LogP contribution >= 0.6 is 0 Å². The van der Waals surface area contributed by atoms with E-state index in [2.05, 4.69) is 0 Å². The van der Waals surface area contributed by atoms with Crippen molar-refractivity contribution in [3.05, 3.63) is 42.5 Å². The number of benzene rings is 2. The molecule has 0 aromatic heterocycles. The Bertz CT molecular complexity index is 444. The fourth-order valence-electron chi connectivity index (χ4n) is 1.53. The summed E-state index contributed by atoms with van der Waals surface area (Å²) >= 11 is 0. The van der Waals surface area contributed by atoms with E-state index in [0.29, 0.717) is 6.61 Å². The second-order valence-corrected chi connectivity index (χ2v) is 3.64. The quantitative estimate of drug-likeness (QED) is 0.829. The van der Waals surface area contributed by atoms with Crippen LogP contribution in [0, 0.1) is 0 Å². The second kappa shape index (κ2) is 4.32. The summed E-state index contributed by atoms with van der Waals surface area (Å²) in [5.74, 6) is 0.828. The van der Waals surface area contributed by atoms with E-state index in [0.717, 1.165) is 16.5 Å². The number of aliphatic hydroxyl groups excluding tert-OH is 1. The van der Waals surface area contributed by atoms with Gasteiger partial charge in [-0.2, -0.15) is 0 Å². The van der Waals surface area contributed by atoms with Crippen LogP contribution in [0.1, 0.15) is 6.92 Å². The molecule has 2 heteroatoms. The number of aliphatic hydroxyl groups is 1. The molecule has 0 unspecified atom stereocenters. The van der Waals surface area contributed by atoms with E-state index in [1.165, 1.54) is 0 Å². The Balaban J connectivity index is 2.34. The fourth-order valence-corrected chi connectivity index (χ4v) is 1.53. The normalized spacial score (nSPS) is 12.7. The van der Waals surface area contributed by atoms with Gasteiger partial charge in [-0.3, -0.25) is 0 Å². The minimum Gasteiger partial charge on any atom is -0.490 e. The molecule has 0 aliphatic carbocycles. The lowest BCUT2D eigenvalue weighted by molar-refractivity contribution is 0.123. The van der Waals surface area contributed by atoms with Gasteiger partial charge >= 0.3 is 0 Å². The van der Waals surface area contributed by atoms with E-state index in [9.17, 15) is 0 Å². The van der Waals surface area contributed by atoms with Crippen LogP contribution in [-0.2, 0) is 0 Å². The zero-order chi connectivity index (χ0) is 10.7. The average Bonchev–Trinajstić information content (AvgIpc) is 2.26. The molecule has 2 aromatic carbocycles. The summed E-state index contributed by atoms with van der Waals surface area (Å²) in [5.41, 5.74) is 0.